The Hall–Kier alpha value is -1.75. The van der Waals surface area contributed by atoms with E-state index in [4.69, 9.17) is 11.6 Å². The van der Waals surface area contributed by atoms with Gasteiger partial charge in [0.05, 0.1) is 7.11 Å². The molecular weight excluding hydrogens is 268 g/mol. The third-order valence-electron chi connectivity index (χ3n) is 2.55. The van der Waals surface area contributed by atoms with Crippen LogP contribution in [0.3, 0.4) is 0 Å². The van der Waals surface area contributed by atoms with Crippen LogP contribution in [0.5, 0.6) is 0 Å². The zero-order chi connectivity index (χ0) is 14.4. The van der Waals surface area contributed by atoms with Crippen LogP contribution < -0.4 is 10.6 Å². The average molecular weight is 285 g/mol. The molecule has 1 rings (SSSR count). The number of benzene rings is 1. The topological polar surface area (TPSA) is 67.4 Å². The van der Waals surface area contributed by atoms with Crippen molar-refractivity contribution in [3.63, 3.8) is 0 Å². The van der Waals surface area contributed by atoms with Gasteiger partial charge in [-0.2, -0.15) is 0 Å². The largest absolute Gasteiger partial charge is 0.467 e. The van der Waals surface area contributed by atoms with Crippen molar-refractivity contribution in [2.24, 2.45) is 0 Å². The van der Waals surface area contributed by atoms with Crippen LogP contribution in [-0.2, 0) is 14.3 Å². The molecule has 2 N–H and O–H groups in total. The van der Waals surface area contributed by atoms with E-state index in [2.05, 4.69) is 15.4 Å². The minimum atomic E-state index is -0.734. The van der Waals surface area contributed by atoms with Gasteiger partial charge in [-0.3, -0.25) is 4.79 Å². The standard InChI is InChI=1S/C13H17ClN2O3/c1-8-4-5-10(6-11(8)14)15-7-12(13(18)19-3)16-9(2)17/h4-6,12,15H,7H2,1-3H3,(H,16,17). The summed E-state index contributed by atoms with van der Waals surface area (Å²) in [7, 11) is 1.28. The summed E-state index contributed by atoms with van der Waals surface area (Å²) in [4.78, 5) is 22.5. The van der Waals surface area contributed by atoms with Crippen LogP contribution in [0.15, 0.2) is 18.2 Å². The van der Waals surface area contributed by atoms with Crippen molar-refractivity contribution in [1.82, 2.24) is 5.32 Å². The average Bonchev–Trinajstić information content (AvgIpc) is 2.37. The monoisotopic (exact) mass is 284 g/mol. The number of esters is 1. The zero-order valence-electron chi connectivity index (χ0n) is 11.1. The van der Waals surface area contributed by atoms with Gasteiger partial charge in [-0.15, -0.1) is 0 Å². The molecule has 104 valence electrons. The molecule has 5 nitrogen and oxygen atoms in total. The number of nitrogens with one attached hydrogen (secondary N) is 2. The summed E-state index contributed by atoms with van der Waals surface area (Å²) in [6.45, 7) is 3.48. The highest BCUT2D eigenvalue weighted by Gasteiger charge is 2.19. The van der Waals surface area contributed by atoms with Gasteiger partial charge in [-0.25, -0.2) is 4.79 Å². The van der Waals surface area contributed by atoms with Gasteiger partial charge in [0.25, 0.3) is 0 Å². The molecule has 0 heterocycles. The van der Waals surface area contributed by atoms with Crippen molar-refractivity contribution >= 4 is 29.2 Å². The van der Waals surface area contributed by atoms with Gasteiger partial charge in [-0.05, 0) is 24.6 Å². The second kappa shape index (κ2) is 6.99. The summed E-state index contributed by atoms with van der Waals surface area (Å²) in [5, 5.41) is 6.19. The molecule has 0 aliphatic rings. The first-order chi connectivity index (χ1) is 8.93. The van der Waals surface area contributed by atoms with E-state index >= 15 is 0 Å². The lowest BCUT2D eigenvalue weighted by Gasteiger charge is -2.17. The first-order valence-corrected chi connectivity index (χ1v) is 6.16. The number of carbonyl (C=O) groups is 2. The van der Waals surface area contributed by atoms with Gasteiger partial charge in [0.15, 0.2) is 0 Å². The summed E-state index contributed by atoms with van der Waals surface area (Å²) < 4.78 is 4.62. The van der Waals surface area contributed by atoms with Crippen molar-refractivity contribution in [3.8, 4) is 0 Å². The SMILES string of the molecule is COC(=O)C(CNc1ccc(C)c(Cl)c1)NC(C)=O. The third-order valence-corrected chi connectivity index (χ3v) is 2.95. The molecule has 0 fully saturated rings. The molecule has 0 aliphatic carbocycles. The number of carbonyl (C=O) groups excluding carboxylic acids is 2. The second-order valence-electron chi connectivity index (χ2n) is 4.12. The first kappa shape index (κ1) is 15.3. The van der Waals surface area contributed by atoms with E-state index in [-0.39, 0.29) is 12.5 Å². The molecule has 19 heavy (non-hydrogen) atoms. The quantitative estimate of drug-likeness (QED) is 0.808. The highest BCUT2D eigenvalue weighted by atomic mass is 35.5. The molecule has 1 atom stereocenters. The van der Waals surface area contributed by atoms with Gasteiger partial charge in [-0.1, -0.05) is 17.7 Å². The van der Waals surface area contributed by atoms with Crippen molar-refractivity contribution < 1.29 is 14.3 Å². The Kier molecular flexibility index (Phi) is 5.63. The number of methoxy groups -OCH3 is 1. The summed E-state index contributed by atoms with van der Waals surface area (Å²) in [5.74, 6) is -0.792. The van der Waals surface area contributed by atoms with E-state index < -0.39 is 12.0 Å². The van der Waals surface area contributed by atoms with Crippen molar-refractivity contribution in [3.05, 3.63) is 28.8 Å². The van der Waals surface area contributed by atoms with E-state index in [9.17, 15) is 9.59 Å². The molecular formula is C13H17ClN2O3. The van der Waals surface area contributed by atoms with Gasteiger partial charge in [0, 0.05) is 24.2 Å². The summed E-state index contributed by atoms with van der Waals surface area (Å²) in [5.41, 5.74) is 1.74. The molecule has 0 saturated carbocycles. The third kappa shape index (κ3) is 4.79. The van der Waals surface area contributed by atoms with Crippen LogP contribution in [0.25, 0.3) is 0 Å². The van der Waals surface area contributed by atoms with Gasteiger partial charge in [0.1, 0.15) is 6.04 Å². The summed E-state index contributed by atoms with van der Waals surface area (Å²) in [6.07, 6.45) is 0. The highest BCUT2D eigenvalue weighted by Crippen LogP contribution is 2.19. The van der Waals surface area contributed by atoms with Crippen LogP contribution in [0.2, 0.25) is 5.02 Å². The number of halogens is 1. The first-order valence-electron chi connectivity index (χ1n) is 5.79. The molecule has 1 unspecified atom stereocenters. The van der Waals surface area contributed by atoms with Crippen molar-refractivity contribution in [2.75, 3.05) is 19.0 Å². The lowest BCUT2D eigenvalue weighted by atomic mass is 10.2. The number of rotatable bonds is 5. The molecule has 0 radical (unpaired) electrons. The number of hydrogen-bond donors (Lipinski definition) is 2. The molecule has 6 heteroatoms. The maximum atomic E-state index is 11.5. The lowest BCUT2D eigenvalue weighted by Crippen LogP contribution is -2.45. The van der Waals surface area contributed by atoms with Crippen LogP contribution >= 0.6 is 11.6 Å². The zero-order valence-corrected chi connectivity index (χ0v) is 11.9. The number of aryl methyl sites for hydroxylation is 1. The van der Waals surface area contributed by atoms with Crippen LogP contribution in [0, 0.1) is 6.92 Å². The number of amides is 1. The number of hydrogen-bond acceptors (Lipinski definition) is 4. The maximum absolute atomic E-state index is 11.5. The second-order valence-corrected chi connectivity index (χ2v) is 4.53. The molecule has 0 aliphatic heterocycles. The Labute approximate surface area is 117 Å². The Morgan fingerprint density at radius 1 is 1.42 bits per heavy atom. The fourth-order valence-corrected chi connectivity index (χ4v) is 1.68. The Morgan fingerprint density at radius 3 is 2.63 bits per heavy atom. The Bertz CT molecular complexity index is 477. The number of anilines is 1. The molecule has 1 aromatic carbocycles. The van der Waals surface area contributed by atoms with Gasteiger partial charge in [0.2, 0.25) is 5.91 Å². The van der Waals surface area contributed by atoms with E-state index in [0.717, 1.165) is 11.3 Å². The molecule has 0 saturated heterocycles. The highest BCUT2D eigenvalue weighted by molar-refractivity contribution is 6.31. The van der Waals surface area contributed by atoms with Crippen molar-refractivity contribution in [1.29, 1.82) is 0 Å². The molecule has 0 bridgehead atoms. The lowest BCUT2D eigenvalue weighted by molar-refractivity contribution is -0.144. The fourth-order valence-electron chi connectivity index (χ4n) is 1.50. The van der Waals surface area contributed by atoms with Crippen LogP contribution in [0.1, 0.15) is 12.5 Å². The maximum Gasteiger partial charge on any atom is 0.330 e. The van der Waals surface area contributed by atoms with E-state index in [1.165, 1.54) is 14.0 Å². The van der Waals surface area contributed by atoms with E-state index in [0.29, 0.717) is 5.02 Å². The summed E-state index contributed by atoms with van der Waals surface area (Å²) >= 11 is 6.00. The minimum Gasteiger partial charge on any atom is -0.467 e. The molecule has 0 spiro atoms. The number of ether oxygens (including phenoxy) is 1. The summed E-state index contributed by atoms with van der Waals surface area (Å²) in [6, 6.07) is 4.75. The minimum absolute atomic E-state index is 0.228. The fraction of sp³-hybridized carbons (Fsp3) is 0.385. The van der Waals surface area contributed by atoms with E-state index in [1.807, 2.05) is 19.1 Å². The normalized spacial score (nSPS) is 11.6. The molecule has 1 amide bonds. The van der Waals surface area contributed by atoms with Gasteiger partial charge < -0.3 is 15.4 Å². The van der Waals surface area contributed by atoms with Crippen LogP contribution in [0.4, 0.5) is 5.69 Å². The molecule has 0 aromatic heterocycles. The predicted molar refractivity (Wildman–Crippen MR) is 74.3 cm³/mol. The van der Waals surface area contributed by atoms with E-state index in [1.54, 1.807) is 6.07 Å². The van der Waals surface area contributed by atoms with Gasteiger partial charge >= 0.3 is 5.97 Å². The predicted octanol–water partition coefficient (Wildman–Crippen LogP) is 1.74. The Morgan fingerprint density at radius 2 is 2.11 bits per heavy atom. The van der Waals surface area contributed by atoms with Crippen LogP contribution in [-0.4, -0.2) is 31.6 Å². The molecule has 1 aromatic rings. The van der Waals surface area contributed by atoms with Crippen molar-refractivity contribution in [2.45, 2.75) is 19.9 Å². The smallest absolute Gasteiger partial charge is 0.330 e. The Balaban J connectivity index is 2.67.